The van der Waals surface area contributed by atoms with Crippen LogP contribution in [0.1, 0.15) is 0 Å². The predicted molar refractivity (Wildman–Crippen MR) is 31.3 cm³/mol. The van der Waals surface area contributed by atoms with Crippen molar-refractivity contribution in [2.24, 2.45) is 0 Å². The van der Waals surface area contributed by atoms with Gasteiger partial charge in [0.15, 0.2) is 0 Å². The Bertz CT molecular complexity index is 99.2. The molecular formula is H6AlFeMgO4S. The smallest absolute Gasteiger partial charge is 0.316 e. The fourth-order valence-electron chi connectivity index (χ4n) is 0. The van der Waals surface area contributed by atoms with Crippen molar-refractivity contribution in [2.45, 2.75) is 0 Å². The van der Waals surface area contributed by atoms with E-state index < -0.39 is 10.4 Å². The summed E-state index contributed by atoms with van der Waals surface area (Å²) in [4.78, 5) is 0. The standard InChI is InChI=1S/Al.Fe.Mg.H2O4S.4H/c;;;1-5(2,3)4;;;;/h;;;(H2,1,2,3,4);;;;. The molecular weight excluding hydrogens is 203 g/mol. The van der Waals surface area contributed by atoms with Gasteiger partial charge in [0.2, 0.25) is 0 Å². The van der Waals surface area contributed by atoms with Crippen molar-refractivity contribution in [3.05, 3.63) is 0 Å². The molecule has 49 valence electrons. The van der Waals surface area contributed by atoms with Gasteiger partial charge in [0.25, 0.3) is 0 Å². The first-order valence-corrected chi connectivity index (χ1v) is 6.47. The Kier molecular flexibility index (Phi) is 17.8. The zero-order valence-electron chi connectivity index (χ0n) is 3.47. The molecule has 0 aromatic carbocycles. The Balaban J connectivity index is -0.0000000750. The van der Waals surface area contributed by atoms with E-state index in [1.54, 1.807) is 0 Å². The molecule has 0 aromatic heterocycles. The summed E-state index contributed by atoms with van der Waals surface area (Å²) >= 11 is 4.44. The van der Waals surface area contributed by atoms with Gasteiger partial charge in [-0.2, -0.15) is 8.42 Å². The number of rotatable bonds is 0. The van der Waals surface area contributed by atoms with Crippen LogP contribution in [0.2, 0.25) is 0 Å². The maximum Gasteiger partial charge on any atom is 0.316 e. The van der Waals surface area contributed by atoms with E-state index in [0.29, 0.717) is 0 Å². The van der Waals surface area contributed by atoms with Crippen LogP contribution in [0.15, 0.2) is 0 Å². The molecule has 0 bridgehead atoms. The molecule has 0 aliphatic carbocycles. The van der Waals surface area contributed by atoms with Crippen LogP contribution < -0.4 is 0 Å². The maximum absolute atomic E-state index is 8.74. The summed E-state index contributed by atoms with van der Waals surface area (Å²) in [7, 11) is -4.67. The normalized spacial score (nSPS) is 7.88. The van der Waals surface area contributed by atoms with Gasteiger partial charge < -0.3 is 0 Å². The second kappa shape index (κ2) is 8.69. The minimum absolute atomic E-state index is 0. The predicted octanol–water partition coefficient (Wildman–Crippen LogP) is -2.49. The molecule has 0 amide bonds. The average Bonchev–Trinajstić information content (AvgIpc) is 1.36. The van der Waals surface area contributed by atoms with Crippen molar-refractivity contribution >= 4 is 47.9 Å². The summed E-state index contributed by atoms with van der Waals surface area (Å²) in [5, 5.41) is 0. The molecule has 0 atom stereocenters. The Labute approximate surface area is 78.9 Å². The molecule has 0 unspecified atom stereocenters. The van der Waals surface area contributed by atoms with Crippen LogP contribution in [0.3, 0.4) is 0 Å². The second-order valence-electron chi connectivity index (χ2n) is 0.448. The minimum Gasteiger partial charge on any atom is 0.316 e. The molecule has 0 radical (unpaired) electrons. The Hall–Kier alpha value is 1.69. The van der Waals surface area contributed by atoms with Crippen LogP contribution in [0, 0.1) is 0 Å². The molecule has 8 heteroatoms. The zero-order chi connectivity index (χ0) is 6.50. The first kappa shape index (κ1) is 16.3. The van der Waals surface area contributed by atoms with E-state index in [4.69, 9.17) is 17.5 Å². The van der Waals surface area contributed by atoms with E-state index >= 15 is 0 Å². The third-order valence-corrected chi connectivity index (χ3v) is 0. The van der Waals surface area contributed by atoms with E-state index in [0.717, 1.165) is 14.4 Å². The topological polar surface area (TPSA) is 74.6 Å². The largest absolute Gasteiger partial charge is 0.316 e. The molecule has 0 aromatic rings. The van der Waals surface area contributed by atoms with Gasteiger partial charge in [-0.3, -0.25) is 9.11 Å². The van der Waals surface area contributed by atoms with Crippen molar-refractivity contribution in [1.82, 2.24) is 0 Å². The van der Waals surface area contributed by atoms with Gasteiger partial charge >= 0.3 is 62.0 Å². The van der Waals surface area contributed by atoms with Crippen molar-refractivity contribution < 1.29 is 31.7 Å². The summed E-state index contributed by atoms with van der Waals surface area (Å²) in [6, 6.07) is 0. The molecule has 0 spiro atoms. The quantitative estimate of drug-likeness (QED) is 0.342. The Morgan fingerprint density at radius 2 is 1.25 bits per heavy atom. The summed E-state index contributed by atoms with van der Waals surface area (Å²) in [6.07, 6.45) is 0. The first-order valence-electron chi connectivity index (χ1n) is 1.05. The maximum atomic E-state index is 8.74. The van der Waals surface area contributed by atoms with E-state index in [1.807, 2.05) is 0 Å². The summed E-state index contributed by atoms with van der Waals surface area (Å²) in [5.74, 6) is 0. The minimum atomic E-state index is -4.67. The van der Waals surface area contributed by atoms with Crippen LogP contribution in [-0.4, -0.2) is 55.0 Å². The van der Waals surface area contributed by atoms with E-state index in [9.17, 15) is 0 Å². The molecule has 2 N–H and O–H groups in total. The molecule has 0 rings (SSSR count). The van der Waals surface area contributed by atoms with E-state index in [1.165, 1.54) is 0 Å². The average molecular weight is 209 g/mol. The van der Waals surface area contributed by atoms with E-state index in [2.05, 4.69) is 14.1 Å². The van der Waals surface area contributed by atoms with Crippen molar-refractivity contribution in [2.75, 3.05) is 0 Å². The van der Waals surface area contributed by atoms with Gasteiger partial charge in [-0.05, 0) is 0 Å². The van der Waals surface area contributed by atoms with Crippen LogP contribution in [0.25, 0.3) is 0 Å². The van der Waals surface area contributed by atoms with Gasteiger partial charge in [0.05, 0.1) is 0 Å². The SMILES string of the molecule is O=S(=O)(O)O.[AlH2][Fe].[MgH2]. The number of hydrogen-bond acceptors (Lipinski definition) is 2. The summed E-state index contributed by atoms with van der Waals surface area (Å²) in [6.45, 7) is 0. The molecule has 0 saturated heterocycles. The molecule has 0 aliphatic heterocycles. The fourth-order valence-corrected chi connectivity index (χ4v) is 0. The molecule has 0 saturated carbocycles. The van der Waals surface area contributed by atoms with Crippen molar-refractivity contribution in [3.8, 4) is 0 Å². The van der Waals surface area contributed by atoms with Crippen LogP contribution >= 0.6 is 0 Å². The van der Waals surface area contributed by atoms with Crippen molar-refractivity contribution in [1.29, 1.82) is 0 Å². The first-order chi connectivity index (χ1) is 3.00. The van der Waals surface area contributed by atoms with E-state index in [-0.39, 0.29) is 23.1 Å². The van der Waals surface area contributed by atoms with Crippen molar-refractivity contribution in [3.63, 3.8) is 0 Å². The van der Waals surface area contributed by atoms with Crippen LogP contribution in [-0.2, 0) is 24.5 Å². The van der Waals surface area contributed by atoms with Gasteiger partial charge in [0.1, 0.15) is 0 Å². The molecule has 0 heterocycles. The Morgan fingerprint density at radius 1 is 1.25 bits per heavy atom. The summed E-state index contributed by atoms with van der Waals surface area (Å²) in [5.41, 5.74) is 0. The molecule has 4 nitrogen and oxygen atoms in total. The van der Waals surface area contributed by atoms with Gasteiger partial charge in [-0.1, -0.05) is 0 Å². The summed E-state index contributed by atoms with van der Waals surface area (Å²) < 4.78 is 31.6. The third kappa shape index (κ3) is 121. The number of hydrogen-bond donors (Lipinski definition) is 2. The van der Waals surface area contributed by atoms with Crippen LogP contribution in [0.4, 0.5) is 0 Å². The van der Waals surface area contributed by atoms with Gasteiger partial charge in [-0.25, -0.2) is 0 Å². The fraction of sp³-hybridized carbons (Fsp3) is 0. The molecule has 8 heavy (non-hydrogen) atoms. The second-order valence-corrected chi connectivity index (χ2v) is 1.34. The molecule has 0 aliphatic rings. The van der Waals surface area contributed by atoms with Crippen LogP contribution in [0.5, 0.6) is 0 Å². The Morgan fingerprint density at radius 3 is 1.25 bits per heavy atom. The monoisotopic (exact) mass is 209 g/mol. The molecule has 0 fully saturated rings. The zero-order valence-corrected chi connectivity index (χ0v) is 7.39. The van der Waals surface area contributed by atoms with Gasteiger partial charge in [-0.15, -0.1) is 0 Å². The third-order valence-electron chi connectivity index (χ3n) is 0. The van der Waals surface area contributed by atoms with Gasteiger partial charge in [0, 0.05) is 0 Å².